The standard InChI is InChI=1S/C19H38N6O3.HI/c1-6-28-13-7-8-20-19(21-14-18(27)23(4)5)25-11-9-24(10-12-25)15-17(26)22-16(2)3;/h16H,6-15H2,1-5H3,(H,20,21)(H,22,26);1H. The SMILES string of the molecule is CCOCCCNC(=NCC(=O)N(C)C)N1CCN(CC(=O)NC(C)C)CC1.I. The molecule has 1 aliphatic heterocycles. The number of rotatable bonds is 10. The fourth-order valence-corrected chi connectivity index (χ4v) is 2.76. The van der Waals surface area contributed by atoms with Crippen molar-refractivity contribution in [3.8, 4) is 0 Å². The number of carbonyl (C=O) groups excluding carboxylic acids is 2. The number of nitrogens with zero attached hydrogens (tertiary/aromatic N) is 4. The summed E-state index contributed by atoms with van der Waals surface area (Å²) in [4.78, 5) is 34.2. The van der Waals surface area contributed by atoms with Gasteiger partial charge in [0.05, 0.1) is 6.54 Å². The summed E-state index contributed by atoms with van der Waals surface area (Å²) in [5, 5.41) is 6.28. The highest BCUT2D eigenvalue weighted by atomic mass is 127. The number of piperazine rings is 1. The molecular formula is C19H39IN6O3. The van der Waals surface area contributed by atoms with Crippen molar-refractivity contribution in [2.75, 3.05) is 73.1 Å². The molecule has 0 spiro atoms. The van der Waals surface area contributed by atoms with E-state index >= 15 is 0 Å². The number of amides is 2. The Labute approximate surface area is 192 Å². The van der Waals surface area contributed by atoms with Gasteiger partial charge in [-0.3, -0.25) is 14.5 Å². The third kappa shape index (κ3) is 12.2. The summed E-state index contributed by atoms with van der Waals surface area (Å²) >= 11 is 0. The van der Waals surface area contributed by atoms with E-state index in [4.69, 9.17) is 4.74 Å². The Morgan fingerprint density at radius 3 is 2.38 bits per heavy atom. The second-order valence-electron chi connectivity index (χ2n) is 7.39. The smallest absolute Gasteiger partial charge is 0.243 e. The molecule has 9 nitrogen and oxygen atoms in total. The van der Waals surface area contributed by atoms with Crippen LogP contribution in [0.5, 0.6) is 0 Å². The maximum absolute atomic E-state index is 11.9. The van der Waals surface area contributed by atoms with Crippen LogP contribution in [0, 0.1) is 0 Å². The van der Waals surface area contributed by atoms with Gasteiger partial charge >= 0.3 is 0 Å². The molecule has 2 N–H and O–H groups in total. The lowest BCUT2D eigenvalue weighted by Crippen LogP contribution is -2.54. The Balaban J connectivity index is 0.00000784. The first-order valence-electron chi connectivity index (χ1n) is 10.2. The molecule has 1 saturated heterocycles. The fourth-order valence-electron chi connectivity index (χ4n) is 2.76. The van der Waals surface area contributed by atoms with Crippen molar-refractivity contribution in [2.24, 2.45) is 4.99 Å². The Hall–Kier alpha value is -1.14. The van der Waals surface area contributed by atoms with E-state index in [0.717, 1.165) is 45.1 Å². The third-order valence-corrected chi connectivity index (χ3v) is 4.30. The van der Waals surface area contributed by atoms with Gasteiger partial charge in [0, 0.05) is 66.1 Å². The number of ether oxygens (including phenoxy) is 1. The first-order valence-corrected chi connectivity index (χ1v) is 10.2. The van der Waals surface area contributed by atoms with Crippen LogP contribution in [-0.4, -0.2) is 112 Å². The van der Waals surface area contributed by atoms with Crippen molar-refractivity contribution in [1.29, 1.82) is 0 Å². The van der Waals surface area contributed by atoms with Gasteiger partial charge in [-0.15, -0.1) is 24.0 Å². The molecule has 0 bridgehead atoms. The van der Waals surface area contributed by atoms with Gasteiger partial charge < -0.3 is 25.2 Å². The van der Waals surface area contributed by atoms with E-state index in [0.29, 0.717) is 19.8 Å². The van der Waals surface area contributed by atoms with Gasteiger partial charge in [-0.2, -0.15) is 0 Å². The predicted molar refractivity (Wildman–Crippen MR) is 127 cm³/mol. The zero-order valence-corrected chi connectivity index (χ0v) is 20.9. The maximum Gasteiger partial charge on any atom is 0.243 e. The van der Waals surface area contributed by atoms with Crippen LogP contribution >= 0.6 is 24.0 Å². The Morgan fingerprint density at radius 1 is 1.17 bits per heavy atom. The number of carbonyl (C=O) groups is 2. The average Bonchev–Trinajstić information content (AvgIpc) is 2.63. The number of halogens is 1. The highest BCUT2D eigenvalue weighted by Crippen LogP contribution is 2.03. The second kappa shape index (κ2) is 15.7. The van der Waals surface area contributed by atoms with E-state index in [1.54, 1.807) is 19.0 Å². The minimum atomic E-state index is -0.0300. The average molecular weight is 526 g/mol. The first kappa shape index (κ1) is 27.9. The monoisotopic (exact) mass is 526 g/mol. The Kier molecular flexibility index (Phi) is 15.1. The summed E-state index contributed by atoms with van der Waals surface area (Å²) in [7, 11) is 3.46. The molecule has 1 fully saturated rings. The van der Waals surface area contributed by atoms with Crippen LogP contribution in [0.3, 0.4) is 0 Å². The van der Waals surface area contributed by atoms with Crippen molar-refractivity contribution in [1.82, 2.24) is 25.3 Å². The van der Waals surface area contributed by atoms with Crippen LogP contribution in [0.25, 0.3) is 0 Å². The molecule has 0 saturated carbocycles. The van der Waals surface area contributed by atoms with E-state index in [1.165, 1.54) is 0 Å². The molecular weight excluding hydrogens is 487 g/mol. The Bertz CT molecular complexity index is 508. The van der Waals surface area contributed by atoms with Gasteiger partial charge in [-0.25, -0.2) is 4.99 Å². The summed E-state index contributed by atoms with van der Waals surface area (Å²) in [6, 6.07) is 0.155. The van der Waals surface area contributed by atoms with Gasteiger partial charge in [-0.05, 0) is 27.2 Å². The van der Waals surface area contributed by atoms with Crippen LogP contribution < -0.4 is 10.6 Å². The van der Waals surface area contributed by atoms with E-state index in [-0.39, 0.29) is 48.4 Å². The van der Waals surface area contributed by atoms with Gasteiger partial charge in [0.15, 0.2) is 5.96 Å². The molecule has 0 aromatic carbocycles. The molecule has 1 rings (SSSR count). The van der Waals surface area contributed by atoms with E-state index in [1.807, 2.05) is 20.8 Å². The third-order valence-electron chi connectivity index (χ3n) is 4.30. The van der Waals surface area contributed by atoms with Crippen molar-refractivity contribution in [2.45, 2.75) is 33.2 Å². The quantitative estimate of drug-likeness (QED) is 0.183. The summed E-state index contributed by atoms with van der Waals surface area (Å²) in [6.45, 7) is 11.7. The van der Waals surface area contributed by atoms with E-state index < -0.39 is 0 Å². The van der Waals surface area contributed by atoms with Crippen LogP contribution in [0.15, 0.2) is 4.99 Å². The Morgan fingerprint density at radius 2 is 1.83 bits per heavy atom. The summed E-state index contributed by atoms with van der Waals surface area (Å²) in [5.41, 5.74) is 0. The number of hydrogen-bond donors (Lipinski definition) is 2. The van der Waals surface area contributed by atoms with Crippen molar-refractivity contribution in [3.05, 3.63) is 0 Å². The maximum atomic E-state index is 11.9. The molecule has 10 heteroatoms. The zero-order valence-electron chi connectivity index (χ0n) is 18.6. The molecule has 0 aliphatic carbocycles. The van der Waals surface area contributed by atoms with Gasteiger partial charge in [0.25, 0.3) is 0 Å². The number of nitrogens with one attached hydrogen (secondary N) is 2. The molecule has 0 aromatic heterocycles. The van der Waals surface area contributed by atoms with Gasteiger partial charge in [-0.1, -0.05) is 0 Å². The van der Waals surface area contributed by atoms with Crippen LogP contribution in [0.1, 0.15) is 27.2 Å². The topological polar surface area (TPSA) is 89.5 Å². The molecule has 1 heterocycles. The number of guanidine groups is 1. The largest absolute Gasteiger partial charge is 0.382 e. The van der Waals surface area contributed by atoms with E-state index in [2.05, 4.69) is 25.4 Å². The molecule has 0 unspecified atom stereocenters. The van der Waals surface area contributed by atoms with Crippen LogP contribution in [0.4, 0.5) is 0 Å². The number of hydrogen-bond acceptors (Lipinski definition) is 5. The number of likely N-dealkylation sites (N-methyl/N-ethyl adjacent to an activating group) is 1. The van der Waals surface area contributed by atoms with Crippen LogP contribution in [-0.2, 0) is 14.3 Å². The van der Waals surface area contributed by atoms with Gasteiger partial charge in [0.1, 0.15) is 6.54 Å². The molecule has 0 radical (unpaired) electrons. The van der Waals surface area contributed by atoms with Crippen LogP contribution in [0.2, 0.25) is 0 Å². The summed E-state index contributed by atoms with van der Waals surface area (Å²) in [5.74, 6) is 0.776. The highest BCUT2D eigenvalue weighted by molar-refractivity contribution is 14.0. The molecule has 0 atom stereocenters. The lowest BCUT2D eigenvalue weighted by Gasteiger charge is -2.36. The summed E-state index contributed by atoms with van der Waals surface area (Å²) < 4.78 is 5.37. The highest BCUT2D eigenvalue weighted by Gasteiger charge is 2.21. The minimum absolute atomic E-state index is 0. The van der Waals surface area contributed by atoms with Crippen molar-refractivity contribution >= 4 is 41.8 Å². The van der Waals surface area contributed by atoms with Crippen molar-refractivity contribution in [3.63, 3.8) is 0 Å². The first-order chi connectivity index (χ1) is 13.3. The molecule has 2 amide bonds. The second-order valence-corrected chi connectivity index (χ2v) is 7.39. The number of aliphatic imine (C=N–C) groups is 1. The summed E-state index contributed by atoms with van der Waals surface area (Å²) in [6.07, 6.45) is 0.879. The lowest BCUT2D eigenvalue weighted by atomic mass is 10.3. The molecule has 0 aromatic rings. The normalized spacial score (nSPS) is 15.1. The molecule has 1 aliphatic rings. The predicted octanol–water partition coefficient (Wildman–Crippen LogP) is 0.207. The van der Waals surface area contributed by atoms with E-state index in [9.17, 15) is 9.59 Å². The van der Waals surface area contributed by atoms with Gasteiger partial charge in [0.2, 0.25) is 11.8 Å². The lowest BCUT2D eigenvalue weighted by molar-refractivity contribution is -0.127. The zero-order chi connectivity index (χ0) is 20.9. The van der Waals surface area contributed by atoms with Crippen molar-refractivity contribution < 1.29 is 14.3 Å². The fraction of sp³-hybridized carbons (Fsp3) is 0.842. The molecule has 29 heavy (non-hydrogen) atoms. The minimum Gasteiger partial charge on any atom is -0.382 e. The molecule has 170 valence electrons.